The summed E-state index contributed by atoms with van der Waals surface area (Å²) in [6.07, 6.45) is 3.30. The Morgan fingerprint density at radius 1 is 1.22 bits per heavy atom. The average molecular weight is 267 g/mol. The third kappa shape index (κ3) is 3.05. The lowest BCUT2D eigenvalue weighted by Crippen LogP contribution is -2.30. The fourth-order valence-electron chi connectivity index (χ4n) is 1.66. The Labute approximate surface area is 111 Å². The molecular formula is C12H15ClN4O. The van der Waals surface area contributed by atoms with Crippen molar-refractivity contribution < 1.29 is 4.74 Å². The Morgan fingerprint density at radius 2 is 2.06 bits per heavy atom. The highest BCUT2D eigenvalue weighted by atomic mass is 35.5. The number of halogens is 1. The standard InChI is InChI=1S/C12H15ClN4O/c1-18-9-8-17(7-4-13)11-3-2-10-12(16-11)15-6-5-14-10/h2-3,5-6H,4,7-9H2,1H3. The van der Waals surface area contributed by atoms with Gasteiger partial charge in [-0.3, -0.25) is 4.98 Å². The molecule has 0 aromatic carbocycles. The SMILES string of the molecule is COCCN(CCCl)c1ccc2nccnc2n1. The van der Waals surface area contributed by atoms with Gasteiger partial charge in [-0.25, -0.2) is 9.97 Å². The number of rotatable bonds is 6. The van der Waals surface area contributed by atoms with Crippen LogP contribution >= 0.6 is 11.6 Å². The van der Waals surface area contributed by atoms with Crippen molar-refractivity contribution >= 4 is 28.6 Å². The summed E-state index contributed by atoms with van der Waals surface area (Å²) in [6, 6.07) is 3.85. The van der Waals surface area contributed by atoms with E-state index in [4.69, 9.17) is 16.3 Å². The second-order valence-electron chi connectivity index (χ2n) is 3.74. The van der Waals surface area contributed by atoms with Crippen LogP contribution in [0, 0.1) is 0 Å². The van der Waals surface area contributed by atoms with E-state index in [2.05, 4.69) is 19.9 Å². The van der Waals surface area contributed by atoms with Crippen molar-refractivity contribution in [3.05, 3.63) is 24.5 Å². The second-order valence-corrected chi connectivity index (χ2v) is 4.12. The van der Waals surface area contributed by atoms with Gasteiger partial charge in [-0.05, 0) is 12.1 Å². The van der Waals surface area contributed by atoms with Crippen LogP contribution in [0.1, 0.15) is 0 Å². The quantitative estimate of drug-likeness (QED) is 0.745. The van der Waals surface area contributed by atoms with Crippen LogP contribution < -0.4 is 4.90 Å². The first kappa shape index (κ1) is 13.0. The first-order valence-electron chi connectivity index (χ1n) is 5.73. The summed E-state index contributed by atoms with van der Waals surface area (Å²) in [5.74, 6) is 1.39. The highest BCUT2D eigenvalue weighted by Crippen LogP contribution is 2.14. The van der Waals surface area contributed by atoms with Gasteiger partial charge in [0.25, 0.3) is 0 Å². The molecular weight excluding hydrogens is 252 g/mol. The smallest absolute Gasteiger partial charge is 0.180 e. The molecule has 96 valence electrons. The van der Waals surface area contributed by atoms with Gasteiger partial charge in [-0.1, -0.05) is 0 Å². The van der Waals surface area contributed by atoms with Gasteiger partial charge >= 0.3 is 0 Å². The zero-order valence-electron chi connectivity index (χ0n) is 10.2. The molecule has 0 saturated heterocycles. The number of ether oxygens (including phenoxy) is 1. The van der Waals surface area contributed by atoms with E-state index in [9.17, 15) is 0 Å². The summed E-state index contributed by atoms with van der Waals surface area (Å²) in [5, 5.41) is 0. The van der Waals surface area contributed by atoms with Gasteiger partial charge < -0.3 is 9.64 Å². The molecule has 0 unspecified atom stereocenters. The third-order valence-electron chi connectivity index (χ3n) is 2.56. The van der Waals surface area contributed by atoms with E-state index in [1.54, 1.807) is 19.5 Å². The monoisotopic (exact) mass is 266 g/mol. The maximum Gasteiger partial charge on any atom is 0.180 e. The Bertz CT molecular complexity index is 508. The van der Waals surface area contributed by atoms with Crippen LogP contribution in [0.25, 0.3) is 11.2 Å². The molecule has 0 bridgehead atoms. The van der Waals surface area contributed by atoms with Crippen molar-refractivity contribution in [2.75, 3.05) is 37.6 Å². The van der Waals surface area contributed by atoms with E-state index in [1.807, 2.05) is 12.1 Å². The van der Waals surface area contributed by atoms with Crippen molar-refractivity contribution in [1.29, 1.82) is 0 Å². The highest BCUT2D eigenvalue weighted by molar-refractivity contribution is 6.18. The van der Waals surface area contributed by atoms with E-state index < -0.39 is 0 Å². The van der Waals surface area contributed by atoms with Crippen molar-refractivity contribution in [1.82, 2.24) is 15.0 Å². The van der Waals surface area contributed by atoms with E-state index >= 15 is 0 Å². The van der Waals surface area contributed by atoms with Gasteiger partial charge in [0.05, 0.1) is 6.61 Å². The van der Waals surface area contributed by atoms with E-state index in [-0.39, 0.29) is 0 Å². The fourth-order valence-corrected chi connectivity index (χ4v) is 1.87. The number of anilines is 1. The number of fused-ring (bicyclic) bond motifs is 1. The van der Waals surface area contributed by atoms with Crippen LogP contribution in [0.3, 0.4) is 0 Å². The Kier molecular flexibility index (Phi) is 4.66. The van der Waals surface area contributed by atoms with Crippen LogP contribution in [0.5, 0.6) is 0 Å². The van der Waals surface area contributed by atoms with Gasteiger partial charge in [0.1, 0.15) is 11.3 Å². The van der Waals surface area contributed by atoms with Crippen LogP contribution in [0.15, 0.2) is 24.5 Å². The normalized spacial score (nSPS) is 10.8. The van der Waals surface area contributed by atoms with Crippen LogP contribution in [0.2, 0.25) is 0 Å². The zero-order chi connectivity index (χ0) is 12.8. The molecule has 0 radical (unpaired) electrons. The van der Waals surface area contributed by atoms with Crippen LogP contribution in [0.4, 0.5) is 5.82 Å². The lowest BCUT2D eigenvalue weighted by Gasteiger charge is -2.22. The number of methoxy groups -OCH3 is 1. The van der Waals surface area contributed by atoms with E-state index in [0.29, 0.717) is 18.1 Å². The highest BCUT2D eigenvalue weighted by Gasteiger charge is 2.08. The number of pyridine rings is 1. The van der Waals surface area contributed by atoms with Crippen molar-refractivity contribution in [2.45, 2.75) is 0 Å². The minimum atomic E-state index is 0.546. The third-order valence-corrected chi connectivity index (χ3v) is 2.73. The molecule has 0 N–H and O–H groups in total. The molecule has 0 amide bonds. The summed E-state index contributed by atoms with van der Waals surface area (Å²) < 4.78 is 5.09. The van der Waals surface area contributed by atoms with Gasteiger partial charge in [0.15, 0.2) is 5.65 Å². The predicted octanol–water partition coefficient (Wildman–Crippen LogP) is 1.72. The van der Waals surface area contributed by atoms with E-state index in [0.717, 1.165) is 24.4 Å². The summed E-state index contributed by atoms with van der Waals surface area (Å²) in [7, 11) is 1.68. The van der Waals surface area contributed by atoms with Crippen LogP contribution in [-0.4, -0.2) is 47.6 Å². The zero-order valence-corrected chi connectivity index (χ0v) is 11.0. The van der Waals surface area contributed by atoms with Crippen molar-refractivity contribution in [2.24, 2.45) is 0 Å². The first-order valence-corrected chi connectivity index (χ1v) is 6.26. The molecule has 0 aliphatic heterocycles. The molecule has 2 heterocycles. The second kappa shape index (κ2) is 6.47. The maximum atomic E-state index is 5.81. The van der Waals surface area contributed by atoms with Gasteiger partial charge in [0, 0.05) is 38.5 Å². The first-order chi connectivity index (χ1) is 8.85. The molecule has 2 aromatic heterocycles. The van der Waals surface area contributed by atoms with Gasteiger partial charge in [-0.15, -0.1) is 11.6 Å². The maximum absolute atomic E-state index is 5.81. The Balaban J connectivity index is 2.25. The number of hydrogen-bond acceptors (Lipinski definition) is 5. The fraction of sp³-hybridized carbons (Fsp3) is 0.417. The number of aromatic nitrogens is 3. The molecule has 0 fully saturated rings. The largest absolute Gasteiger partial charge is 0.383 e. The molecule has 0 aliphatic rings. The van der Waals surface area contributed by atoms with Gasteiger partial charge in [0.2, 0.25) is 0 Å². The molecule has 18 heavy (non-hydrogen) atoms. The lowest BCUT2D eigenvalue weighted by molar-refractivity contribution is 0.205. The molecule has 2 rings (SSSR count). The Hall–Kier alpha value is -1.46. The van der Waals surface area contributed by atoms with Crippen LogP contribution in [-0.2, 0) is 4.74 Å². The topological polar surface area (TPSA) is 51.1 Å². The number of nitrogens with zero attached hydrogens (tertiary/aromatic N) is 4. The van der Waals surface area contributed by atoms with Crippen molar-refractivity contribution in [3.8, 4) is 0 Å². The lowest BCUT2D eigenvalue weighted by atomic mass is 10.3. The molecule has 6 heteroatoms. The minimum Gasteiger partial charge on any atom is -0.383 e. The molecule has 0 saturated carbocycles. The summed E-state index contributed by atoms with van der Waals surface area (Å²) in [4.78, 5) is 15.0. The minimum absolute atomic E-state index is 0.546. The number of hydrogen-bond donors (Lipinski definition) is 0. The Morgan fingerprint density at radius 3 is 2.83 bits per heavy atom. The average Bonchev–Trinajstić information content (AvgIpc) is 2.43. The molecule has 0 atom stereocenters. The summed E-state index contributed by atoms with van der Waals surface area (Å²) >= 11 is 5.81. The molecule has 0 aliphatic carbocycles. The van der Waals surface area contributed by atoms with E-state index in [1.165, 1.54) is 0 Å². The molecule has 0 spiro atoms. The molecule has 5 nitrogen and oxygen atoms in total. The van der Waals surface area contributed by atoms with Crippen molar-refractivity contribution in [3.63, 3.8) is 0 Å². The molecule has 2 aromatic rings. The number of alkyl halides is 1. The van der Waals surface area contributed by atoms with Gasteiger partial charge in [-0.2, -0.15) is 0 Å². The summed E-state index contributed by atoms with van der Waals surface area (Å²) in [6.45, 7) is 2.11. The summed E-state index contributed by atoms with van der Waals surface area (Å²) in [5.41, 5.74) is 1.44. The predicted molar refractivity (Wildman–Crippen MR) is 72.1 cm³/mol.